The van der Waals surface area contributed by atoms with Gasteiger partial charge in [-0.05, 0) is 25.5 Å². The average molecular weight is 397 g/mol. The van der Waals surface area contributed by atoms with Crippen LogP contribution in [0.4, 0.5) is 10.6 Å². The predicted octanol–water partition coefficient (Wildman–Crippen LogP) is 3.67. The number of carboxylic acids is 1. The Balaban J connectivity index is 2.09. The zero-order chi connectivity index (χ0) is 20.1. The number of nitrogens with one attached hydrogen (secondary N) is 2. The Bertz CT molecular complexity index is 1020. The van der Waals surface area contributed by atoms with E-state index in [1.54, 1.807) is 24.5 Å². The zero-order valence-electron chi connectivity index (χ0n) is 15.4. The van der Waals surface area contributed by atoms with Crippen LogP contribution in [-0.2, 0) is 6.42 Å². The summed E-state index contributed by atoms with van der Waals surface area (Å²) in [5.41, 5.74) is 3.09. The van der Waals surface area contributed by atoms with Crippen LogP contribution in [0.3, 0.4) is 0 Å². The Morgan fingerprint density at radius 1 is 1.14 bits per heavy atom. The summed E-state index contributed by atoms with van der Waals surface area (Å²) >= 11 is 1.48. The second-order valence-corrected chi connectivity index (χ2v) is 6.72. The minimum Gasteiger partial charge on any atom is -0.478 e. The van der Waals surface area contributed by atoms with E-state index in [9.17, 15) is 14.7 Å². The van der Waals surface area contributed by atoms with Gasteiger partial charge >= 0.3 is 12.0 Å². The van der Waals surface area contributed by atoms with E-state index >= 15 is 0 Å². The van der Waals surface area contributed by atoms with Gasteiger partial charge in [-0.1, -0.05) is 6.92 Å². The van der Waals surface area contributed by atoms with E-state index in [0.29, 0.717) is 23.5 Å². The number of nitrogens with zero attached hydrogens (tertiary/aromatic N) is 3. The summed E-state index contributed by atoms with van der Waals surface area (Å²) in [6.45, 7) is 4.34. The largest absolute Gasteiger partial charge is 0.478 e. The highest BCUT2D eigenvalue weighted by molar-refractivity contribution is 7.13. The Labute approximate surface area is 165 Å². The molecule has 3 aromatic rings. The first-order valence-corrected chi connectivity index (χ1v) is 9.58. The second kappa shape index (κ2) is 8.57. The molecule has 3 N–H and O–H groups in total. The van der Waals surface area contributed by atoms with E-state index in [1.807, 2.05) is 19.2 Å². The summed E-state index contributed by atoms with van der Waals surface area (Å²) in [5, 5.41) is 17.3. The van der Waals surface area contributed by atoms with E-state index in [2.05, 4.69) is 25.6 Å². The third-order valence-corrected chi connectivity index (χ3v) is 4.85. The van der Waals surface area contributed by atoms with E-state index in [-0.39, 0.29) is 11.6 Å². The van der Waals surface area contributed by atoms with Crippen molar-refractivity contribution in [1.82, 2.24) is 20.3 Å². The summed E-state index contributed by atoms with van der Waals surface area (Å²) in [7, 11) is 0. The van der Waals surface area contributed by atoms with Gasteiger partial charge in [-0.2, -0.15) is 0 Å². The number of hydrogen-bond donors (Lipinski definition) is 3. The normalized spacial score (nSPS) is 10.5. The molecule has 0 aliphatic heterocycles. The molecular weight excluding hydrogens is 378 g/mol. The fourth-order valence-electron chi connectivity index (χ4n) is 2.55. The third-order valence-electron chi connectivity index (χ3n) is 3.92. The minimum absolute atomic E-state index is 0.0846. The van der Waals surface area contributed by atoms with Crippen LogP contribution < -0.4 is 10.6 Å². The van der Waals surface area contributed by atoms with Gasteiger partial charge in [0.15, 0.2) is 0 Å². The van der Waals surface area contributed by atoms with Crippen LogP contribution in [0.2, 0.25) is 0 Å². The lowest BCUT2D eigenvalue weighted by atomic mass is 10.0. The molecule has 0 atom stereocenters. The number of aromatic nitrogens is 3. The van der Waals surface area contributed by atoms with Gasteiger partial charge in [0.25, 0.3) is 0 Å². The van der Waals surface area contributed by atoms with Crippen LogP contribution in [0.5, 0.6) is 0 Å². The summed E-state index contributed by atoms with van der Waals surface area (Å²) < 4.78 is 0. The number of amides is 2. The van der Waals surface area contributed by atoms with Crippen molar-refractivity contribution in [1.29, 1.82) is 0 Å². The average Bonchev–Trinajstić information content (AvgIpc) is 3.17. The van der Waals surface area contributed by atoms with Crippen LogP contribution in [0.15, 0.2) is 36.1 Å². The number of thiazole rings is 1. The van der Waals surface area contributed by atoms with Crippen molar-refractivity contribution < 1.29 is 14.7 Å². The van der Waals surface area contributed by atoms with Crippen molar-refractivity contribution in [2.75, 3.05) is 11.9 Å². The SMILES string of the molecule is CCNC(=O)Nc1cc(-c2nc(CC)cs2)c(-c2cncc(C(=O)O)c2)cn1. The van der Waals surface area contributed by atoms with Gasteiger partial charge in [-0.15, -0.1) is 11.3 Å². The number of carboxylic acid groups (broad SMARTS) is 1. The monoisotopic (exact) mass is 397 g/mol. The number of carbonyl (C=O) groups is 2. The van der Waals surface area contributed by atoms with Crippen molar-refractivity contribution in [3.63, 3.8) is 0 Å². The molecule has 0 saturated heterocycles. The van der Waals surface area contributed by atoms with Gasteiger partial charge in [-0.3, -0.25) is 10.3 Å². The van der Waals surface area contributed by atoms with Crippen molar-refractivity contribution in [2.24, 2.45) is 0 Å². The molecule has 3 rings (SSSR count). The highest BCUT2D eigenvalue weighted by Crippen LogP contribution is 2.35. The molecule has 3 heterocycles. The van der Waals surface area contributed by atoms with Gasteiger partial charge in [-0.25, -0.2) is 19.6 Å². The van der Waals surface area contributed by atoms with Crippen molar-refractivity contribution in [2.45, 2.75) is 20.3 Å². The molecule has 0 spiro atoms. The standard InChI is InChI=1S/C19H19N5O3S/c1-3-13-10-28-17(23-13)14-6-16(24-19(27)21-4-2)22-9-15(14)11-5-12(18(25)26)8-20-7-11/h5-10H,3-4H2,1-2H3,(H,25,26)(H2,21,22,24,27). The number of aryl methyl sites for hydroxylation is 1. The molecule has 9 heteroatoms. The quantitative estimate of drug-likeness (QED) is 0.584. The second-order valence-electron chi connectivity index (χ2n) is 5.86. The Morgan fingerprint density at radius 2 is 1.96 bits per heavy atom. The number of aromatic carboxylic acids is 1. The molecule has 0 aliphatic rings. The highest BCUT2D eigenvalue weighted by atomic mass is 32.1. The molecular formula is C19H19N5O3S. The maximum atomic E-state index is 11.8. The van der Waals surface area contributed by atoms with Crippen LogP contribution in [0.1, 0.15) is 29.9 Å². The van der Waals surface area contributed by atoms with Gasteiger partial charge < -0.3 is 10.4 Å². The number of rotatable bonds is 6. The van der Waals surface area contributed by atoms with E-state index in [4.69, 9.17) is 0 Å². The molecule has 0 unspecified atom stereocenters. The van der Waals surface area contributed by atoms with E-state index < -0.39 is 5.97 Å². The van der Waals surface area contributed by atoms with Crippen LogP contribution in [-0.4, -0.2) is 38.6 Å². The lowest BCUT2D eigenvalue weighted by Gasteiger charge is -2.11. The lowest BCUT2D eigenvalue weighted by molar-refractivity contribution is 0.0696. The van der Waals surface area contributed by atoms with E-state index in [0.717, 1.165) is 22.7 Å². The molecule has 0 radical (unpaired) electrons. The predicted molar refractivity (Wildman–Crippen MR) is 108 cm³/mol. The number of urea groups is 1. The van der Waals surface area contributed by atoms with Crippen molar-refractivity contribution >= 4 is 29.2 Å². The first kappa shape index (κ1) is 19.4. The fraction of sp³-hybridized carbons (Fsp3) is 0.211. The molecule has 0 bridgehead atoms. The zero-order valence-corrected chi connectivity index (χ0v) is 16.2. The van der Waals surface area contributed by atoms with Gasteiger partial charge in [0, 0.05) is 47.2 Å². The Hall–Kier alpha value is -3.33. The third kappa shape index (κ3) is 4.32. The molecule has 3 aromatic heterocycles. The Kier molecular flexibility index (Phi) is 5.95. The van der Waals surface area contributed by atoms with Gasteiger partial charge in [0.05, 0.1) is 11.3 Å². The summed E-state index contributed by atoms with van der Waals surface area (Å²) in [5.74, 6) is -0.679. The van der Waals surface area contributed by atoms with Crippen molar-refractivity contribution in [3.05, 3.63) is 47.4 Å². The molecule has 0 saturated carbocycles. The molecule has 8 nitrogen and oxygen atoms in total. The molecule has 28 heavy (non-hydrogen) atoms. The molecule has 0 aromatic carbocycles. The first-order chi connectivity index (χ1) is 13.5. The number of hydrogen-bond acceptors (Lipinski definition) is 6. The summed E-state index contributed by atoms with van der Waals surface area (Å²) in [4.78, 5) is 36.1. The minimum atomic E-state index is -1.05. The smallest absolute Gasteiger partial charge is 0.337 e. The van der Waals surface area contributed by atoms with Crippen LogP contribution in [0, 0.1) is 0 Å². The first-order valence-electron chi connectivity index (χ1n) is 8.70. The van der Waals surface area contributed by atoms with Crippen molar-refractivity contribution in [3.8, 4) is 21.7 Å². The summed E-state index contributed by atoms with van der Waals surface area (Å²) in [6, 6.07) is 2.92. The number of carbonyl (C=O) groups excluding carboxylic acids is 1. The maximum absolute atomic E-state index is 11.8. The van der Waals surface area contributed by atoms with Crippen LogP contribution in [0.25, 0.3) is 21.7 Å². The van der Waals surface area contributed by atoms with E-state index in [1.165, 1.54) is 17.5 Å². The number of pyridine rings is 2. The van der Waals surface area contributed by atoms with Gasteiger partial charge in [0.1, 0.15) is 10.8 Å². The molecule has 144 valence electrons. The Morgan fingerprint density at radius 3 is 2.64 bits per heavy atom. The molecule has 0 aliphatic carbocycles. The lowest BCUT2D eigenvalue weighted by Crippen LogP contribution is -2.28. The highest BCUT2D eigenvalue weighted by Gasteiger charge is 2.16. The molecule has 2 amide bonds. The summed E-state index contributed by atoms with van der Waals surface area (Å²) in [6.07, 6.45) is 5.27. The maximum Gasteiger partial charge on any atom is 0.337 e. The van der Waals surface area contributed by atoms with Crippen LogP contribution >= 0.6 is 11.3 Å². The fourth-order valence-corrected chi connectivity index (χ4v) is 3.48. The topological polar surface area (TPSA) is 117 Å². The van der Waals surface area contributed by atoms with Gasteiger partial charge in [0.2, 0.25) is 0 Å². The molecule has 0 fully saturated rings. The number of anilines is 1.